The van der Waals surface area contributed by atoms with E-state index in [-0.39, 0.29) is 11.9 Å². The molecule has 0 spiro atoms. The maximum absolute atomic E-state index is 12.4. The Kier molecular flexibility index (Phi) is 4.81. The van der Waals surface area contributed by atoms with Gasteiger partial charge in [-0.25, -0.2) is 4.98 Å². The average Bonchev–Trinajstić information content (AvgIpc) is 3.10. The van der Waals surface area contributed by atoms with E-state index in [1.165, 1.54) is 0 Å². The molecule has 3 rings (SSSR count). The van der Waals surface area contributed by atoms with Crippen LogP contribution < -0.4 is 15.1 Å². The minimum absolute atomic E-state index is 0.0167. The van der Waals surface area contributed by atoms with Crippen LogP contribution in [0.3, 0.4) is 0 Å². The number of benzene rings is 1. The summed E-state index contributed by atoms with van der Waals surface area (Å²) in [5.74, 6) is 0.0167. The summed E-state index contributed by atoms with van der Waals surface area (Å²) in [4.78, 5) is 21.0. The summed E-state index contributed by atoms with van der Waals surface area (Å²) >= 11 is 1.67. The molecule has 122 valence electrons. The molecule has 1 aromatic heterocycles. The Labute approximate surface area is 140 Å². The van der Waals surface area contributed by atoms with Crippen LogP contribution in [-0.2, 0) is 0 Å². The van der Waals surface area contributed by atoms with E-state index in [0.717, 1.165) is 42.3 Å². The lowest BCUT2D eigenvalue weighted by atomic mass is 10.0. The molecule has 0 radical (unpaired) electrons. The van der Waals surface area contributed by atoms with Gasteiger partial charge in [-0.15, -0.1) is 11.3 Å². The van der Waals surface area contributed by atoms with E-state index in [9.17, 15) is 4.79 Å². The zero-order valence-corrected chi connectivity index (χ0v) is 14.3. The van der Waals surface area contributed by atoms with Crippen molar-refractivity contribution in [1.29, 1.82) is 0 Å². The first-order valence-corrected chi connectivity index (χ1v) is 8.74. The second-order valence-corrected chi connectivity index (χ2v) is 6.86. The lowest BCUT2D eigenvalue weighted by molar-refractivity contribution is 0.0931. The fraction of sp³-hybridized carbons (Fsp3) is 0.412. The van der Waals surface area contributed by atoms with E-state index >= 15 is 0 Å². The van der Waals surface area contributed by atoms with Crippen LogP contribution in [0.2, 0.25) is 0 Å². The molecule has 2 heterocycles. The molecule has 0 atom stereocenters. The molecule has 2 aromatic rings. The van der Waals surface area contributed by atoms with Crippen molar-refractivity contribution in [1.82, 2.24) is 10.3 Å². The van der Waals surface area contributed by atoms with Gasteiger partial charge >= 0.3 is 0 Å². The van der Waals surface area contributed by atoms with Crippen LogP contribution in [-0.4, -0.2) is 44.1 Å². The average molecular weight is 330 g/mol. The minimum Gasteiger partial charge on any atom is -0.378 e. The molecule has 6 heteroatoms. The number of rotatable bonds is 4. The number of carbonyl (C=O) groups excluding carboxylic acids is 1. The molecule has 5 nitrogen and oxygen atoms in total. The van der Waals surface area contributed by atoms with Crippen LogP contribution in [0, 0.1) is 0 Å². The molecule has 0 bridgehead atoms. The van der Waals surface area contributed by atoms with Gasteiger partial charge in [-0.05, 0) is 37.1 Å². The number of hydrogen-bond donors (Lipinski definition) is 1. The lowest BCUT2D eigenvalue weighted by Gasteiger charge is -2.32. The van der Waals surface area contributed by atoms with E-state index < -0.39 is 0 Å². The largest absolute Gasteiger partial charge is 0.378 e. The molecule has 1 saturated heterocycles. The monoisotopic (exact) mass is 330 g/mol. The van der Waals surface area contributed by atoms with Crippen molar-refractivity contribution in [2.45, 2.75) is 18.9 Å². The molecule has 0 aliphatic carbocycles. The number of amides is 1. The number of carbonyl (C=O) groups is 1. The summed E-state index contributed by atoms with van der Waals surface area (Å²) in [6, 6.07) is 7.96. The Bertz CT molecular complexity index is 631. The summed E-state index contributed by atoms with van der Waals surface area (Å²) in [6.07, 6.45) is 3.76. The van der Waals surface area contributed by atoms with E-state index in [0.29, 0.717) is 0 Å². The van der Waals surface area contributed by atoms with Gasteiger partial charge in [0.05, 0.1) is 0 Å². The van der Waals surface area contributed by atoms with Crippen molar-refractivity contribution in [3.63, 3.8) is 0 Å². The molecule has 1 fully saturated rings. The Morgan fingerprint density at radius 2 is 1.96 bits per heavy atom. The van der Waals surface area contributed by atoms with Crippen molar-refractivity contribution in [2.75, 3.05) is 37.0 Å². The number of anilines is 2. The van der Waals surface area contributed by atoms with Crippen LogP contribution in [0.25, 0.3) is 0 Å². The minimum atomic E-state index is 0.0167. The molecule has 1 aliphatic heterocycles. The predicted molar refractivity (Wildman–Crippen MR) is 95.6 cm³/mol. The van der Waals surface area contributed by atoms with Crippen molar-refractivity contribution < 1.29 is 4.79 Å². The first-order chi connectivity index (χ1) is 11.1. The first kappa shape index (κ1) is 15.8. The maximum atomic E-state index is 12.4. The summed E-state index contributed by atoms with van der Waals surface area (Å²) in [7, 11) is 3.98. The van der Waals surface area contributed by atoms with Crippen molar-refractivity contribution in [3.05, 3.63) is 41.4 Å². The Morgan fingerprint density at radius 1 is 1.26 bits per heavy atom. The molecule has 1 amide bonds. The summed E-state index contributed by atoms with van der Waals surface area (Å²) in [6.45, 7) is 1.88. The normalized spacial score (nSPS) is 15.5. The highest BCUT2D eigenvalue weighted by Gasteiger charge is 2.22. The number of nitrogens with zero attached hydrogens (tertiary/aromatic N) is 3. The SMILES string of the molecule is CN(C)c1ccc(C(=O)NC2CCN(c3nccs3)CC2)cc1. The first-order valence-electron chi connectivity index (χ1n) is 7.86. The number of nitrogens with one attached hydrogen (secondary N) is 1. The van der Waals surface area contributed by atoms with Gasteiger partial charge in [0.2, 0.25) is 0 Å². The molecule has 1 aliphatic rings. The second kappa shape index (κ2) is 7.00. The van der Waals surface area contributed by atoms with Crippen LogP contribution >= 0.6 is 11.3 Å². The van der Waals surface area contributed by atoms with E-state index in [2.05, 4.69) is 15.2 Å². The van der Waals surface area contributed by atoms with Crippen molar-refractivity contribution in [3.8, 4) is 0 Å². The third kappa shape index (κ3) is 3.82. The molecule has 1 aromatic carbocycles. The van der Waals surface area contributed by atoms with Gasteiger partial charge in [0.1, 0.15) is 0 Å². The van der Waals surface area contributed by atoms with Crippen molar-refractivity contribution in [2.24, 2.45) is 0 Å². The van der Waals surface area contributed by atoms with E-state index in [1.54, 1.807) is 11.3 Å². The Balaban J connectivity index is 1.53. The van der Waals surface area contributed by atoms with Gasteiger partial charge in [0.25, 0.3) is 5.91 Å². The third-order valence-electron chi connectivity index (χ3n) is 4.17. The Morgan fingerprint density at radius 3 is 2.52 bits per heavy atom. The summed E-state index contributed by atoms with van der Waals surface area (Å²) < 4.78 is 0. The quantitative estimate of drug-likeness (QED) is 0.936. The molecule has 0 unspecified atom stereocenters. The van der Waals surface area contributed by atoms with E-state index in [1.807, 2.05) is 54.8 Å². The summed E-state index contributed by atoms with van der Waals surface area (Å²) in [5, 5.41) is 6.23. The third-order valence-corrected chi connectivity index (χ3v) is 5.00. The maximum Gasteiger partial charge on any atom is 0.251 e. The van der Waals surface area contributed by atoms with Crippen LogP contribution in [0.15, 0.2) is 35.8 Å². The number of hydrogen-bond acceptors (Lipinski definition) is 5. The molecule has 23 heavy (non-hydrogen) atoms. The van der Waals surface area contributed by atoms with E-state index in [4.69, 9.17) is 0 Å². The zero-order valence-electron chi connectivity index (χ0n) is 13.5. The smallest absolute Gasteiger partial charge is 0.251 e. The van der Waals surface area contributed by atoms with Gasteiger partial charge in [-0.1, -0.05) is 0 Å². The highest BCUT2D eigenvalue weighted by Crippen LogP contribution is 2.22. The van der Waals surface area contributed by atoms with Gasteiger partial charge in [-0.3, -0.25) is 4.79 Å². The standard InChI is InChI=1S/C17H22N4OS/c1-20(2)15-5-3-13(4-6-15)16(22)19-14-7-10-21(11-8-14)17-18-9-12-23-17/h3-6,9,12,14H,7-8,10-11H2,1-2H3,(H,19,22). The van der Waals surface area contributed by atoms with Gasteiger partial charge < -0.3 is 15.1 Å². The highest BCUT2D eigenvalue weighted by atomic mass is 32.1. The zero-order chi connectivity index (χ0) is 16.2. The van der Waals surface area contributed by atoms with Crippen LogP contribution in [0.5, 0.6) is 0 Å². The highest BCUT2D eigenvalue weighted by molar-refractivity contribution is 7.13. The lowest BCUT2D eigenvalue weighted by Crippen LogP contribution is -2.44. The van der Waals surface area contributed by atoms with Crippen LogP contribution in [0.1, 0.15) is 23.2 Å². The molecular weight excluding hydrogens is 308 g/mol. The van der Waals surface area contributed by atoms with Crippen molar-refractivity contribution >= 4 is 28.1 Å². The second-order valence-electron chi connectivity index (χ2n) is 5.99. The number of thiazole rings is 1. The fourth-order valence-corrected chi connectivity index (χ4v) is 3.46. The van der Waals surface area contributed by atoms with Crippen LogP contribution in [0.4, 0.5) is 10.8 Å². The molecule has 1 N–H and O–H groups in total. The van der Waals surface area contributed by atoms with Gasteiger partial charge in [0, 0.05) is 56.1 Å². The number of aromatic nitrogens is 1. The topological polar surface area (TPSA) is 48.5 Å². The van der Waals surface area contributed by atoms with Gasteiger partial charge in [-0.2, -0.15) is 0 Å². The van der Waals surface area contributed by atoms with Gasteiger partial charge in [0.15, 0.2) is 5.13 Å². The number of piperidine rings is 1. The summed E-state index contributed by atoms with van der Waals surface area (Å²) in [5.41, 5.74) is 1.82. The Hall–Kier alpha value is -2.08. The fourth-order valence-electron chi connectivity index (χ4n) is 2.77. The molecular formula is C17H22N4OS. The predicted octanol–water partition coefficient (Wildman–Crippen LogP) is 2.61. The molecule has 0 saturated carbocycles.